The topological polar surface area (TPSA) is 67.0 Å². The van der Waals surface area contributed by atoms with Gasteiger partial charge < -0.3 is 10.1 Å². The first-order valence-electron chi connectivity index (χ1n) is 8.45. The number of benzene rings is 2. The van der Waals surface area contributed by atoms with Crippen LogP contribution in [-0.4, -0.2) is 29.3 Å². The molecule has 132 valence electrons. The molecule has 0 atom stereocenters. The average Bonchev–Trinajstić information content (AvgIpc) is 3.37. The molecule has 1 fully saturated rings. The van der Waals surface area contributed by atoms with Crippen LogP contribution in [-0.2, 0) is 0 Å². The van der Waals surface area contributed by atoms with Crippen molar-refractivity contribution in [3.8, 4) is 5.75 Å². The zero-order valence-corrected chi connectivity index (χ0v) is 14.3. The fraction of sp³-hybridized carbons (Fsp3) is 0.200. The van der Waals surface area contributed by atoms with Crippen LogP contribution in [0.25, 0.3) is 23.1 Å². The highest BCUT2D eigenvalue weighted by molar-refractivity contribution is 6.05. The third-order valence-electron chi connectivity index (χ3n) is 4.38. The number of hydrogen-bond donors (Lipinski definition) is 2. The minimum absolute atomic E-state index is 0.138. The minimum Gasteiger partial charge on any atom is -0.495 e. The van der Waals surface area contributed by atoms with Crippen LogP contribution < -0.4 is 10.1 Å². The molecule has 0 radical (unpaired) electrons. The van der Waals surface area contributed by atoms with Gasteiger partial charge in [0.15, 0.2) is 0 Å². The van der Waals surface area contributed by atoms with E-state index in [9.17, 15) is 9.18 Å². The monoisotopic (exact) mass is 351 g/mol. The third kappa shape index (κ3) is 3.18. The lowest BCUT2D eigenvalue weighted by molar-refractivity contribution is 0.0948. The Morgan fingerprint density at radius 3 is 2.69 bits per heavy atom. The Morgan fingerprint density at radius 2 is 2.00 bits per heavy atom. The number of carbonyl (C=O) groups excluding carboxylic acids is 1. The highest BCUT2D eigenvalue weighted by Gasteiger charge is 2.26. The van der Waals surface area contributed by atoms with Crippen molar-refractivity contribution >= 4 is 29.0 Å². The number of aromatic nitrogens is 2. The zero-order chi connectivity index (χ0) is 18.1. The van der Waals surface area contributed by atoms with Crippen LogP contribution in [0.2, 0.25) is 0 Å². The van der Waals surface area contributed by atoms with E-state index >= 15 is 0 Å². The molecular weight excluding hydrogens is 333 g/mol. The number of aromatic amines is 1. The summed E-state index contributed by atoms with van der Waals surface area (Å²) in [6, 6.07) is 10.0. The fourth-order valence-electron chi connectivity index (χ4n) is 2.86. The Morgan fingerprint density at radius 1 is 1.23 bits per heavy atom. The van der Waals surface area contributed by atoms with Gasteiger partial charge in [-0.1, -0.05) is 18.2 Å². The standard InChI is InChI=1S/C20H18FN3O2/c1-26-19-15(20(25)22-14-7-8-14)9-11-17-18(19)16(23-24-17)10-4-12-2-5-13(21)6-3-12/h2-6,9-11,14H,7-8H2,1H3,(H,22,25)(H,23,24). The van der Waals surface area contributed by atoms with Crippen molar-refractivity contribution in [3.63, 3.8) is 0 Å². The molecule has 1 aliphatic rings. The highest BCUT2D eigenvalue weighted by Crippen LogP contribution is 2.33. The molecule has 26 heavy (non-hydrogen) atoms. The lowest BCUT2D eigenvalue weighted by atomic mass is 10.1. The van der Waals surface area contributed by atoms with E-state index in [1.54, 1.807) is 25.3 Å². The van der Waals surface area contributed by atoms with Gasteiger partial charge >= 0.3 is 0 Å². The maximum Gasteiger partial charge on any atom is 0.255 e. The van der Waals surface area contributed by atoms with Crippen LogP contribution in [0, 0.1) is 5.82 Å². The molecule has 1 heterocycles. The normalized spacial score (nSPS) is 14.1. The molecule has 3 aromatic rings. The SMILES string of the molecule is COc1c(C(=O)NC2CC2)ccc2[nH]nc(C=Cc3ccc(F)cc3)c12. The summed E-state index contributed by atoms with van der Waals surface area (Å²) < 4.78 is 18.6. The number of carbonyl (C=O) groups is 1. The summed E-state index contributed by atoms with van der Waals surface area (Å²) in [7, 11) is 1.54. The second-order valence-electron chi connectivity index (χ2n) is 6.31. The molecule has 5 nitrogen and oxygen atoms in total. The van der Waals surface area contributed by atoms with E-state index in [1.165, 1.54) is 12.1 Å². The number of amides is 1. The largest absolute Gasteiger partial charge is 0.495 e. The summed E-state index contributed by atoms with van der Waals surface area (Å²) in [6.45, 7) is 0. The molecule has 0 saturated heterocycles. The Kier molecular flexibility index (Phi) is 4.16. The Hall–Kier alpha value is -3.15. The van der Waals surface area contributed by atoms with Gasteiger partial charge in [-0.2, -0.15) is 5.10 Å². The van der Waals surface area contributed by atoms with Gasteiger partial charge in [-0.3, -0.25) is 9.89 Å². The molecule has 6 heteroatoms. The van der Waals surface area contributed by atoms with Crippen molar-refractivity contribution in [3.05, 3.63) is 59.0 Å². The van der Waals surface area contributed by atoms with Gasteiger partial charge in [0.05, 0.1) is 29.3 Å². The molecule has 0 aliphatic heterocycles. The Bertz CT molecular complexity index is 988. The first-order valence-corrected chi connectivity index (χ1v) is 8.45. The van der Waals surface area contributed by atoms with Gasteiger partial charge in [0.25, 0.3) is 5.91 Å². The molecule has 1 saturated carbocycles. The molecule has 2 N–H and O–H groups in total. The van der Waals surface area contributed by atoms with Gasteiger partial charge in [0, 0.05) is 6.04 Å². The number of methoxy groups -OCH3 is 1. The van der Waals surface area contributed by atoms with E-state index in [0.29, 0.717) is 17.0 Å². The van der Waals surface area contributed by atoms with Crippen LogP contribution in [0.4, 0.5) is 4.39 Å². The lowest BCUT2D eigenvalue weighted by Crippen LogP contribution is -2.25. The minimum atomic E-state index is -0.277. The van der Waals surface area contributed by atoms with Crippen molar-refractivity contribution in [1.29, 1.82) is 0 Å². The summed E-state index contributed by atoms with van der Waals surface area (Å²) in [5.41, 5.74) is 2.78. The Balaban J connectivity index is 1.72. The summed E-state index contributed by atoms with van der Waals surface area (Å²) >= 11 is 0. The number of fused-ring (bicyclic) bond motifs is 1. The molecule has 1 aliphatic carbocycles. The molecule has 2 aromatic carbocycles. The quantitative estimate of drug-likeness (QED) is 0.735. The van der Waals surface area contributed by atoms with Crippen molar-refractivity contribution in [2.75, 3.05) is 7.11 Å². The van der Waals surface area contributed by atoms with E-state index in [0.717, 1.165) is 29.3 Å². The lowest BCUT2D eigenvalue weighted by Gasteiger charge is -2.10. The second-order valence-corrected chi connectivity index (χ2v) is 6.31. The number of halogens is 1. The van der Waals surface area contributed by atoms with Gasteiger partial charge in [-0.05, 0) is 48.7 Å². The Labute approximate surface area is 149 Å². The van der Waals surface area contributed by atoms with Gasteiger partial charge in [-0.15, -0.1) is 0 Å². The molecule has 0 bridgehead atoms. The second kappa shape index (κ2) is 6.63. The predicted molar refractivity (Wildman–Crippen MR) is 98.5 cm³/mol. The third-order valence-corrected chi connectivity index (χ3v) is 4.38. The van der Waals surface area contributed by atoms with Crippen LogP contribution in [0.1, 0.15) is 34.5 Å². The number of rotatable bonds is 5. The highest BCUT2D eigenvalue weighted by atomic mass is 19.1. The predicted octanol–water partition coefficient (Wildman–Crippen LogP) is 3.77. The van der Waals surface area contributed by atoms with E-state index in [1.807, 2.05) is 18.2 Å². The van der Waals surface area contributed by atoms with Gasteiger partial charge in [0.1, 0.15) is 11.6 Å². The summed E-state index contributed by atoms with van der Waals surface area (Å²) in [5.74, 6) is 0.0782. The maximum atomic E-state index is 13.0. The molecule has 0 spiro atoms. The fourth-order valence-corrected chi connectivity index (χ4v) is 2.86. The summed E-state index contributed by atoms with van der Waals surface area (Å²) in [5, 5.41) is 11.0. The number of nitrogens with one attached hydrogen (secondary N) is 2. The van der Waals surface area contributed by atoms with Gasteiger partial charge in [0.2, 0.25) is 0 Å². The number of nitrogens with zero attached hydrogens (tertiary/aromatic N) is 1. The number of H-pyrrole nitrogens is 1. The van der Waals surface area contributed by atoms with Crippen LogP contribution >= 0.6 is 0 Å². The zero-order valence-electron chi connectivity index (χ0n) is 14.3. The van der Waals surface area contributed by atoms with Gasteiger partial charge in [-0.25, -0.2) is 4.39 Å². The van der Waals surface area contributed by atoms with Crippen molar-refractivity contribution in [2.45, 2.75) is 18.9 Å². The molecule has 4 rings (SSSR count). The summed E-state index contributed by atoms with van der Waals surface area (Å²) in [4.78, 5) is 12.5. The van der Waals surface area contributed by atoms with E-state index in [-0.39, 0.29) is 17.8 Å². The smallest absolute Gasteiger partial charge is 0.255 e. The molecular formula is C20H18FN3O2. The van der Waals surface area contributed by atoms with E-state index in [2.05, 4.69) is 15.5 Å². The van der Waals surface area contributed by atoms with Crippen LogP contribution in [0.5, 0.6) is 5.75 Å². The number of hydrogen-bond acceptors (Lipinski definition) is 3. The van der Waals surface area contributed by atoms with Crippen molar-refractivity contribution in [2.24, 2.45) is 0 Å². The molecule has 1 amide bonds. The van der Waals surface area contributed by atoms with Crippen LogP contribution in [0.3, 0.4) is 0 Å². The van der Waals surface area contributed by atoms with Crippen molar-refractivity contribution < 1.29 is 13.9 Å². The summed E-state index contributed by atoms with van der Waals surface area (Å²) in [6.07, 6.45) is 5.70. The molecule has 1 aromatic heterocycles. The van der Waals surface area contributed by atoms with E-state index < -0.39 is 0 Å². The van der Waals surface area contributed by atoms with Crippen molar-refractivity contribution in [1.82, 2.24) is 15.5 Å². The van der Waals surface area contributed by atoms with Crippen LogP contribution in [0.15, 0.2) is 36.4 Å². The first-order chi connectivity index (χ1) is 12.7. The average molecular weight is 351 g/mol. The first kappa shape index (κ1) is 16.3. The number of ether oxygens (including phenoxy) is 1. The van der Waals surface area contributed by atoms with E-state index in [4.69, 9.17) is 4.74 Å². The molecule has 0 unspecified atom stereocenters. The maximum absolute atomic E-state index is 13.0.